The lowest BCUT2D eigenvalue weighted by Crippen LogP contribution is -2.25. The van der Waals surface area contributed by atoms with Crippen LogP contribution in [0, 0.1) is 6.92 Å². The number of aromatic amines is 1. The fourth-order valence-electron chi connectivity index (χ4n) is 1.63. The molecule has 10 nitrogen and oxygen atoms in total. The first-order chi connectivity index (χ1) is 9.81. The summed E-state index contributed by atoms with van der Waals surface area (Å²) < 4.78 is 26.5. The van der Waals surface area contributed by atoms with Gasteiger partial charge in [-0.15, -0.1) is 10.2 Å². The van der Waals surface area contributed by atoms with Crippen molar-refractivity contribution in [1.82, 2.24) is 25.3 Å². The number of aromatic carboxylic acids is 1. The number of carboxylic acid groups (broad SMARTS) is 1. The molecule has 0 aliphatic rings. The molecule has 21 heavy (non-hydrogen) atoms. The van der Waals surface area contributed by atoms with Gasteiger partial charge in [-0.25, -0.2) is 17.9 Å². The highest BCUT2D eigenvalue weighted by Crippen LogP contribution is 2.25. The van der Waals surface area contributed by atoms with Gasteiger partial charge in [0.05, 0.1) is 11.4 Å². The third-order valence-electron chi connectivity index (χ3n) is 2.62. The molecule has 0 saturated heterocycles. The molecule has 0 unspecified atom stereocenters. The average Bonchev–Trinajstić information content (AvgIpc) is 2.88. The van der Waals surface area contributed by atoms with Crippen molar-refractivity contribution in [3.8, 4) is 5.75 Å². The zero-order chi connectivity index (χ0) is 15.6. The lowest BCUT2D eigenvalue weighted by molar-refractivity contribution is 0.0693. The summed E-state index contributed by atoms with van der Waals surface area (Å²) in [4.78, 5) is 10.7. The summed E-state index contributed by atoms with van der Waals surface area (Å²) in [7, 11) is -3.99. The second-order valence-corrected chi connectivity index (χ2v) is 5.83. The SMILES string of the molecule is Cc1cc(O)c(C(=O)O)cc1S(=O)(=O)NCc1nn[nH]n1. The molecule has 0 amide bonds. The number of aryl methyl sites for hydroxylation is 1. The van der Waals surface area contributed by atoms with Crippen LogP contribution in [0.25, 0.3) is 0 Å². The van der Waals surface area contributed by atoms with E-state index in [4.69, 9.17) is 5.11 Å². The maximum Gasteiger partial charge on any atom is 0.339 e. The summed E-state index contributed by atoms with van der Waals surface area (Å²) in [6.07, 6.45) is 0. The van der Waals surface area contributed by atoms with Crippen LogP contribution in [0.1, 0.15) is 21.7 Å². The number of nitrogens with zero attached hydrogens (tertiary/aromatic N) is 3. The predicted molar refractivity (Wildman–Crippen MR) is 68.0 cm³/mol. The van der Waals surface area contributed by atoms with E-state index >= 15 is 0 Å². The average molecular weight is 313 g/mol. The molecule has 1 aromatic heterocycles. The minimum atomic E-state index is -3.99. The molecule has 0 spiro atoms. The van der Waals surface area contributed by atoms with Crippen molar-refractivity contribution < 1.29 is 23.4 Å². The van der Waals surface area contributed by atoms with E-state index in [2.05, 4.69) is 25.3 Å². The number of tetrazole rings is 1. The van der Waals surface area contributed by atoms with E-state index in [1.165, 1.54) is 6.92 Å². The molecule has 0 fully saturated rings. The summed E-state index contributed by atoms with van der Waals surface area (Å²) in [6.45, 7) is 1.23. The Labute approximate surface area is 118 Å². The number of benzene rings is 1. The van der Waals surface area contributed by atoms with Crippen molar-refractivity contribution in [2.24, 2.45) is 0 Å². The van der Waals surface area contributed by atoms with E-state index in [9.17, 15) is 18.3 Å². The minimum Gasteiger partial charge on any atom is -0.507 e. The van der Waals surface area contributed by atoms with Crippen molar-refractivity contribution in [1.29, 1.82) is 0 Å². The van der Waals surface area contributed by atoms with Gasteiger partial charge < -0.3 is 10.2 Å². The van der Waals surface area contributed by atoms with Crippen molar-refractivity contribution in [2.45, 2.75) is 18.4 Å². The number of aromatic nitrogens is 4. The van der Waals surface area contributed by atoms with Crippen LogP contribution in [0.2, 0.25) is 0 Å². The van der Waals surface area contributed by atoms with E-state index in [1.807, 2.05) is 0 Å². The molecular weight excluding hydrogens is 302 g/mol. The first-order valence-electron chi connectivity index (χ1n) is 5.60. The largest absolute Gasteiger partial charge is 0.507 e. The second-order valence-electron chi connectivity index (χ2n) is 4.09. The van der Waals surface area contributed by atoms with Gasteiger partial charge in [-0.05, 0) is 24.6 Å². The highest BCUT2D eigenvalue weighted by atomic mass is 32.2. The molecule has 11 heteroatoms. The number of phenols is 1. The second kappa shape index (κ2) is 5.46. The third kappa shape index (κ3) is 3.14. The summed E-state index contributed by atoms with van der Waals surface area (Å²) >= 11 is 0. The first-order valence-corrected chi connectivity index (χ1v) is 7.08. The molecule has 1 heterocycles. The molecule has 112 valence electrons. The Bertz CT molecular complexity index is 771. The van der Waals surface area contributed by atoms with Crippen LogP contribution >= 0.6 is 0 Å². The van der Waals surface area contributed by atoms with Crippen LogP contribution < -0.4 is 4.72 Å². The first kappa shape index (κ1) is 14.9. The molecule has 2 aromatic rings. The third-order valence-corrected chi connectivity index (χ3v) is 4.17. The molecular formula is C10H11N5O5S. The van der Waals surface area contributed by atoms with Gasteiger partial charge in [0.2, 0.25) is 10.0 Å². The Hall–Kier alpha value is -2.53. The molecule has 0 saturated carbocycles. The monoisotopic (exact) mass is 313 g/mol. The lowest BCUT2D eigenvalue weighted by atomic mass is 10.1. The van der Waals surface area contributed by atoms with Crippen molar-refractivity contribution >= 4 is 16.0 Å². The highest BCUT2D eigenvalue weighted by molar-refractivity contribution is 7.89. The summed E-state index contributed by atoms with van der Waals surface area (Å²) in [6, 6.07) is 1.97. The molecule has 0 aliphatic carbocycles. The molecule has 0 atom stereocenters. The summed E-state index contributed by atoms with van der Waals surface area (Å²) in [5, 5.41) is 31.0. The molecule has 1 aromatic carbocycles. The number of nitrogens with one attached hydrogen (secondary N) is 2. The fourth-order valence-corrected chi connectivity index (χ4v) is 2.86. The normalized spacial score (nSPS) is 11.5. The topological polar surface area (TPSA) is 158 Å². The van der Waals surface area contributed by atoms with Gasteiger partial charge in [-0.1, -0.05) is 5.21 Å². The van der Waals surface area contributed by atoms with E-state index in [0.29, 0.717) is 0 Å². The maximum atomic E-state index is 12.2. The van der Waals surface area contributed by atoms with Crippen LogP contribution in [0.15, 0.2) is 17.0 Å². The highest BCUT2D eigenvalue weighted by Gasteiger charge is 2.22. The van der Waals surface area contributed by atoms with Crippen molar-refractivity contribution in [3.63, 3.8) is 0 Å². The number of carbonyl (C=O) groups is 1. The van der Waals surface area contributed by atoms with Crippen molar-refractivity contribution in [2.75, 3.05) is 0 Å². The standard InChI is InChI=1S/C10H11N5O5S/c1-5-2-7(16)6(10(17)18)3-8(5)21(19,20)11-4-9-12-14-15-13-9/h2-3,11,16H,4H2,1H3,(H,17,18)(H,12,13,14,15). The Morgan fingerprint density at radius 3 is 2.71 bits per heavy atom. The van der Waals surface area contributed by atoms with Gasteiger partial charge in [0.15, 0.2) is 5.82 Å². The van der Waals surface area contributed by atoms with Gasteiger partial charge in [0, 0.05) is 0 Å². The number of hydrogen-bond donors (Lipinski definition) is 4. The summed E-state index contributed by atoms with van der Waals surface area (Å²) in [5.74, 6) is -1.80. The van der Waals surface area contributed by atoms with Crippen LogP contribution in [0.4, 0.5) is 0 Å². The molecule has 0 aliphatic heterocycles. The Balaban J connectivity index is 2.35. The number of hydrogen-bond acceptors (Lipinski definition) is 7. The van der Waals surface area contributed by atoms with E-state index < -0.39 is 27.3 Å². The zero-order valence-corrected chi connectivity index (χ0v) is 11.5. The molecule has 0 bridgehead atoms. The van der Waals surface area contributed by atoms with Crippen molar-refractivity contribution in [3.05, 3.63) is 29.1 Å². The van der Waals surface area contributed by atoms with Gasteiger partial charge in [-0.2, -0.15) is 5.21 Å². The van der Waals surface area contributed by atoms with E-state index in [0.717, 1.165) is 12.1 Å². The Kier molecular flexibility index (Phi) is 3.86. The maximum absolute atomic E-state index is 12.2. The number of aromatic hydroxyl groups is 1. The fraction of sp³-hybridized carbons (Fsp3) is 0.200. The number of H-pyrrole nitrogens is 1. The number of rotatable bonds is 5. The number of sulfonamides is 1. The van der Waals surface area contributed by atoms with Crippen LogP contribution in [0.5, 0.6) is 5.75 Å². The molecule has 0 radical (unpaired) electrons. The van der Waals surface area contributed by atoms with Crippen LogP contribution in [-0.2, 0) is 16.6 Å². The zero-order valence-electron chi connectivity index (χ0n) is 10.7. The molecule has 2 rings (SSSR count). The minimum absolute atomic E-state index is 0.133. The van der Waals surface area contributed by atoms with Crippen LogP contribution in [0.3, 0.4) is 0 Å². The molecule has 4 N–H and O–H groups in total. The van der Waals surface area contributed by atoms with Gasteiger partial charge in [-0.3, -0.25) is 0 Å². The van der Waals surface area contributed by atoms with Gasteiger partial charge in [0.25, 0.3) is 0 Å². The van der Waals surface area contributed by atoms with Gasteiger partial charge >= 0.3 is 5.97 Å². The Morgan fingerprint density at radius 1 is 1.43 bits per heavy atom. The van der Waals surface area contributed by atoms with E-state index in [-0.39, 0.29) is 22.8 Å². The lowest BCUT2D eigenvalue weighted by Gasteiger charge is -2.10. The van der Waals surface area contributed by atoms with E-state index in [1.54, 1.807) is 0 Å². The Morgan fingerprint density at radius 2 is 2.14 bits per heavy atom. The summed E-state index contributed by atoms with van der Waals surface area (Å²) in [5.41, 5.74) is -0.293. The number of carboxylic acids is 1. The van der Waals surface area contributed by atoms with Crippen LogP contribution in [-0.4, -0.2) is 45.2 Å². The van der Waals surface area contributed by atoms with Gasteiger partial charge in [0.1, 0.15) is 11.3 Å². The smallest absolute Gasteiger partial charge is 0.339 e. The quantitative estimate of drug-likeness (QED) is 0.569. The predicted octanol–water partition coefficient (Wildman–Crippen LogP) is -0.610.